The lowest BCUT2D eigenvalue weighted by Gasteiger charge is -2.05. The SMILES string of the molecule is CNc1cc(C(=O)OC)cc(S(=O)(=O)F)c1. The highest BCUT2D eigenvalue weighted by Crippen LogP contribution is 2.20. The van der Waals surface area contributed by atoms with Crippen LogP contribution in [0.15, 0.2) is 23.1 Å². The minimum Gasteiger partial charge on any atom is -0.465 e. The van der Waals surface area contributed by atoms with Crippen LogP contribution in [0.2, 0.25) is 0 Å². The van der Waals surface area contributed by atoms with E-state index in [4.69, 9.17) is 0 Å². The van der Waals surface area contributed by atoms with Crippen molar-refractivity contribution in [2.45, 2.75) is 4.90 Å². The van der Waals surface area contributed by atoms with E-state index in [0.717, 1.165) is 19.2 Å². The third-order valence-corrected chi connectivity index (χ3v) is 2.70. The van der Waals surface area contributed by atoms with Gasteiger partial charge in [0.1, 0.15) is 4.90 Å². The Kier molecular flexibility index (Phi) is 3.48. The molecular weight excluding hydrogens is 237 g/mol. The first kappa shape index (κ1) is 12.4. The molecule has 1 aromatic rings. The summed E-state index contributed by atoms with van der Waals surface area (Å²) in [4.78, 5) is 10.6. The maximum Gasteiger partial charge on any atom is 0.337 e. The number of carbonyl (C=O) groups is 1. The van der Waals surface area contributed by atoms with E-state index in [1.165, 1.54) is 13.1 Å². The van der Waals surface area contributed by atoms with Crippen molar-refractivity contribution in [3.05, 3.63) is 23.8 Å². The van der Waals surface area contributed by atoms with Gasteiger partial charge in [0.15, 0.2) is 0 Å². The average Bonchev–Trinajstić information content (AvgIpc) is 2.26. The van der Waals surface area contributed by atoms with Crippen LogP contribution in [0.25, 0.3) is 0 Å². The molecule has 0 amide bonds. The van der Waals surface area contributed by atoms with Gasteiger partial charge in [-0.3, -0.25) is 0 Å². The molecule has 1 N–H and O–H groups in total. The summed E-state index contributed by atoms with van der Waals surface area (Å²) in [7, 11) is -2.18. The highest BCUT2D eigenvalue weighted by molar-refractivity contribution is 7.86. The number of carbonyl (C=O) groups excluding carboxylic acids is 1. The van der Waals surface area contributed by atoms with Crippen molar-refractivity contribution in [3.8, 4) is 0 Å². The molecule has 0 aliphatic carbocycles. The number of rotatable bonds is 3. The van der Waals surface area contributed by atoms with E-state index in [1.54, 1.807) is 0 Å². The minimum absolute atomic E-state index is 0.0365. The number of nitrogens with one attached hydrogen (secondary N) is 1. The molecule has 0 saturated heterocycles. The molecule has 0 fully saturated rings. The third-order valence-electron chi connectivity index (χ3n) is 1.90. The second kappa shape index (κ2) is 4.48. The summed E-state index contributed by atoms with van der Waals surface area (Å²) in [5.41, 5.74) is 0.268. The van der Waals surface area contributed by atoms with Crippen molar-refractivity contribution in [2.75, 3.05) is 19.5 Å². The molecule has 0 saturated carbocycles. The van der Waals surface area contributed by atoms with Gasteiger partial charge in [-0.05, 0) is 18.2 Å². The van der Waals surface area contributed by atoms with Gasteiger partial charge in [0, 0.05) is 12.7 Å². The van der Waals surface area contributed by atoms with Crippen molar-refractivity contribution >= 4 is 21.9 Å². The predicted molar refractivity (Wildman–Crippen MR) is 55.6 cm³/mol. The average molecular weight is 247 g/mol. The second-order valence-electron chi connectivity index (χ2n) is 2.93. The summed E-state index contributed by atoms with van der Waals surface area (Å²) in [6, 6.07) is 3.37. The minimum atomic E-state index is -4.85. The summed E-state index contributed by atoms with van der Waals surface area (Å²) in [5.74, 6) is -0.734. The number of hydrogen-bond donors (Lipinski definition) is 1. The molecule has 7 heteroatoms. The van der Waals surface area contributed by atoms with Crippen LogP contribution in [0, 0.1) is 0 Å². The Bertz CT molecular complexity index is 512. The van der Waals surface area contributed by atoms with E-state index in [2.05, 4.69) is 10.1 Å². The van der Waals surface area contributed by atoms with Gasteiger partial charge in [0.2, 0.25) is 0 Å². The van der Waals surface area contributed by atoms with Crippen molar-refractivity contribution in [2.24, 2.45) is 0 Å². The van der Waals surface area contributed by atoms with E-state index in [0.29, 0.717) is 5.69 Å². The van der Waals surface area contributed by atoms with Gasteiger partial charge in [-0.15, -0.1) is 3.89 Å². The molecule has 88 valence electrons. The van der Waals surface area contributed by atoms with E-state index < -0.39 is 21.1 Å². The largest absolute Gasteiger partial charge is 0.465 e. The summed E-state index contributed by atoms with van der Waals surface area (Å²) in [5, 5.41) is 2.62. The lowest BCUT2D eigenvalue weighted by Crippen LogP contribution is -2.05. The highest BCUT2D eigenvalue weighted by Gasteiger charge is 2.17. The first-order chi connectivity index (χ1) is 7.38. The number of hydrogen-bond acceptors (Lipinski definition) is 5. The smallest absolute Gasteiger partial charge is 0.337 e. The number of ether oxygens (including phenoxy) is 1. The summed E-state index contributed by atoms with van der Waals surface area (Å²) >= 11 is 0. The normalized spacial score (nSPS) is 10.9. The monoisotopic (exact) mass is 247 g/mol. The Morgan fingerprint density at radius 1 is 1.38 bits per heavy atom. The van der Waals surface area contributed by atoms with E-state index in [-0.39, 0.29) is 5.56 Å². The molecule has 5 nitrogen and oxygen atoms in total. The van der Waals surface area contributed by atoms with E-state index >= 15 is 0 Å². The molecule has 0 aliphatic rings. The fourth-order valence-electron chi connectivity index (χ4n) is 1.12. The van der Waals surface area contributed by atoms with Crippen molar-refractivity contribution < 1.29 is 21.8 Å². The molecule has 0 radical (unpaired) electrons. The van der Waals surface area contributed by atoms with Gasteiger partial charge in [-0.25, -0.2) is 4.79 Å². The molecule has 0 unspecified atom stereocenters. The Hall–Kier alpha value is -1.63. The molecule has 0 aliphatic heterocycles. The Labute approximate surface area is 92.4 Å². The number of methoxy groups -OCH3 is 1. The van der Waals surface area contributed by atoms with Crippen LogP contribution in [-0.4, -0.2) is 28.5 Å². The fraction of sp³-hybridized carbons (Fsp3) is 0.222. The lowest BCUT2D eigenvalue weighted by molar-refractivity contribution is 0.0600. The third kappa shape index (κ3) is 2.69. The van der Waals surface area contributed by atoms with Crippen molar-refractivity contribution in [1.29, 1.82) is 0 Å². The van der Waals surface area contributed by atoms with Crippen molar-refractivity contribution in [1.82, 2.24) is 0 Å². The highest BCUT2D eigenvalue weighted by atomic mass is 32.3. The second-order valence-corrected chi connectivity index (χ2v) is 4.27. The Morgan fingerprint density at radius 3 is 2.44 bits per heavy atom. The molecule has 16 heavy (non-hydrogen) atoms. The topological polar surface area (TPSA) is 72.5 Å². The zero-order valence-electron chi connectivity index (χ0n) is 8.65. The molecule has 0 aromatic heterocycles. The molecule has 0 bridgehead atoms. The van der Waals surface area contributed by atoms with E-state index in [9.17, 15) is 17.1 Å². The molecular formula is C9H10FNO4S. The van der Waals surface area contributed by atoms with Gasteiger partial charge in [0.05, 0.1) is 12.7 Å². The molecule has 1 aromatic carbocycles. The standard InChI is InChI=1S/C9H10FNO4S/c1-11-7-3-6(9(12)15-2)4-8(5-7)16(10,13)14/h3-5,11H,1-2H3. The van der Waals surface area contributed by atoms with Crippen LogP contribution in [0.1, 0.15) is 10.4 Å². The van der Waals surface area contributed by atoms with Crippen LogP contribution in [0.5, 0.6) is 0 Å². The number of anilines is 1. The van der Waals surface area contributed by atoms with Gasteiger partial charge in [-0.1, -0.05) is 0 Å². The Morgan fingerprint density at radius 2 is 2.00 bits per heavy atom. The molecule has 0 atom stereocenters. The van der Waals surface area contributed by atoms with Crippen LogP contribution < -0.4 is 5.32 Å². The van der Waals surface area contributed by atoms with Crippen LogP contribution >= 0.6 is 0 Å². The van der Waals surface area contributed by atoms with Crippen molar-refractivity contribution in [3.63, 3.8) is 0 Å². The summed E-state index contributed by atoms with van der Waals surface area (Å²) in [6.07, 6.45) is 0. The molecule has 0 spiro atoms. The van der Waals surface area contributed by atoms with Gasteiger partial charge >= 0.3 is 16.2 Å². The number of halogens is 1. The lowest BCUT2D eigenvalue weighted by atomic mass is 10.2. The summed E-state index contributed by atoms with van der Waals surface area (Å²) < 4.78 is 38.6. The van der Waals surface area contributed by atoms with Gasteiger partial charge in [-0.2, -0.15) is 8.42 Å². The molecule has 0 heterocycles. The van der Waals surface area contributed by atoms with Crippen LogP contribution in [0.3, 0.4) is 0 Å². The number of benzene rings is 1. The zero-order valence-corrected chi connectivity index (χ0v) is 9.47. The van der Waals surface area contributed by atoms with E-state index in [1.807, 2.05) is 0 Å². The van der Waals surface area contributed by atoms with Gasteiger partial charge < -0.3 is 10.1 Å². The first-order valence-corrected chi connectivity index (χ1v) is 5.62. The molecule has 1 rings (SSSR count). The first-order valence-electron chi connectivity index (χ1n) is 4.24. The quantitative estimate of drug-likeness (QED) is 0.641. The summed E-state index contributed by atoms with van der Waals surface area (Å²) in [6.45, 7) is 0. The van der Waals surface area contributed by atoms with Crippen LogP contribution in [-0.2, 0) is 15.0 Å². The number of esters is 1. The Balaban J connectivity index is 3.38. The van der Waals surface area contributed by atoms with Crippen LogP contribution in [0.4, 0.5) is 9.57 Å². The maximum absolute atomic E-state index is 12.8. The maximum atomic E-state index is 12.8. The van der Waals surface area contributed by atoms with Gasteiger partial charge in [0.25, 0.3) is 0 Å². The fourth-order valence-corrected chi connectivity index (χ4v) is 1.66. The predicted octanol–water partition coefficient (Wildman–Crippen LogP) is 1.17. The zero-order chi connectivity index (χ0) is 12.3.